The largest absolute Gasteiger partial charge is 0.294 e. The normalized spacial score (nSPS) is 13.2. The van der Waals surface area contributed by atoms with E-state index in [2.05, 4.69) is 0 Å². The zero-order valence-electron chi connectivity index (χ0n) is 10.7. The molecule has 0 aromatic heterocycles. The molecule has 0 amide bonds. The molecule has 0 bridgehead atoms. The average molecular weight is 276 g/mol. The number of rotatable bonds is 4. The molecular formula is C15H16O3S. The predicted octanol–water partition coefficient (Wildman–Crippen LogP) is 3.28. The summed E-state index contributed by atoms with van der Waals surface area (Å²) in [6.45, 7) is 2.04. The first kappa shape index (κ1) is 13.8. The summed E-state index contributed by atoms with van der Waals surface area (Å²) in [5, 5.41) is 0. The van der Waals surface area contributed by atoms with Crippen molar-refractivity contribution >= 4 is 10.1 Å². The van der Waals surface area contributed by atoms with Gasteiger partial charge in [-0.2, -0.15) is 8.42 Å². The van der Waals surface area contributed by atoms with Crippen LogP contribution in [0.1, 0.15) is 24.0 Å². The first-order valence-corrected chi connectivity index (χ1v) is 7.53. The maximum absolute atomic E-state index is 11.3. The minimum Gasteiger partial charge on any atom is -0.282 e. The minimum atomic E-state index is -4.16. The third-order valence-electron chi connectivity index (χ3n) is 3.15. The molecule has 0 radical (unpaired) electrons. The summed E-state index contributed by atoms with van der Waals surface area (Å²) < 4.78 is 31.9. The molecule has 1 unspecified atom stereocenters. The summed E-state index contributed by atoms with van der Waals surface area (Å²) in [4.78, 5) is -0.00205. The van der Waals surface area contributed by atoms with Crippen LogP contribution in [0.5, 0.6) is 0 Å². The van der Waals surface area contributed by atoms with Crippen molar-refractivity contribution in [1.82, 2.24) is 0 Å². The Hall–Kier alpha value is -1.65. The van der Waals surface area contributed by atoms with Crippen molar-refractivity contribution in [3.8, 4) is 0 Å². The van der Waals surface area contributed by atoms with Crippen LogP contribution in [-0.2, 0) is 16.5 Å². The maximum Gasteiger partial charge on any atom is 0.294 e. The molecule has 0 aliphatic carbocycles. The second kappa shape index (κ2) is 5.55. The third kappa shape index (κ3) is 3.43. The number of hydrogen-bond donors (Lipinski definition) is 1. The fourth-order valence-corrected chi connectivity index (χ4v) is 2.89. The molecule has 0 saturated heterocycles. The van der Waals surface area contributed by atoms with Crippen molar-refractivity contribution in [3.05, 3.63) is 65.7 Å². The lowest BCUT2D eigenvalue weighted by Crippen LogP contribution is -2.06. The first-order chi connectivity index (χ1) is 8.98. The molecule has 0 saturated carbocycles. The highest BCUT2D eigenvalue weighted by Gasteiger charge is 2.16. The van der Waals surface area contributed by atoms with Crippen LogP contribution in [0.3, 0.4) is 0 Å². The fraction of sp³-hybridized carbons (Fsp3) is 0.200. The summed E-state index contributed by atoms with van der Waals surface area (Å²) >= 11 is 0. The SMILES string of the molecule is CC(Cc1ccccc1S(=O)(=O)O)c1ccccc1. The van der Waals surface area contributed by atoms with Gasteiger partial charge in [0.1, 0.15) is 0 Å². The van der Waals surface area contributed by atoms with E-state index in [0.29, 0.717) is 12.0 Å². The Kier molecular flexibility index (Phi) is 4.02. The van der Waals surface area contributed by atoms with Crippen molar-refractivity contribution in [3.63, 3.8) is 0 Å². The second-order valence-electron chi connectivity index (χ2n) is 4.60. The van der Waals surface area contributed by atoms with Crippen LogP contribution in [0.25, 0.3) is 0 Å². The molecular weight excluding hydrogens is 260 g/mol. The lowest BCUT2D eigenvalue weighted by molar-refractivity contribution is 0.481. The van der Waals surface area contributed by atoms with E-state index in [1.54, 1.807) is 18.2 Å². The van der Waals surface area contributed by atoms with Gasteiger partial charge in [-0.1, -0.05) is 55.5 Å². The van der Waals surface area contributed by atoms with Crippen LogP contribution in [0.4, 0.5) is 0 Å². The molecule has 2 aromatic rings. The number of benzene rings is 2. The van der Waals surface area contributed by atoms with Crippen molar-refractivity contribution in [2.45, 2.75) is 24.2 Å². The van der Waals surface area contributed by atoms with Gasteiger partial charge in [0.15, 0.2) is 0 Å². The molecule has 19 heavy (non-hydrogen) atoms. The Morgan fingerprint density at radius 1 is 1.00 bits per heavy atom. The van der Waals surface area contributed by atoms with Gasteiger partial charge in [-0.05, 0) is 29.5 Å². The zero-order valence-corrected chi connectivity index (χ0v) is 11.5. The third-order valence-corrected chi connectivity index (χ3v) is 4.10. The summed E-state index contributed by atoms with van der Waals surface area (Å²) in [6, 6.07) is 16.5. The van der Waals surface area contributed by atoms with Gasteiger partial charge in [0.25, 0.3) is 10.1 Å². The van der Waals surface area contributed by atoms with E-state index >= 15 is 0 Å². The molecule has 2 aromatic carbocycles. The van der Waals surface area contributed by atoms with Gasteiger partial charge in [-0.3, -0.25) is 4.55 Å². The van der Waals surface area contributed by atoms with E-state index in [-0.39, 0.29) is 10.8 Å². The molecule has 0 aliphatic rings. The Balaban J connectivity index is 2.30. The standard InChI is InChI=1S/C15H16O3S/c1-12(13-7-3-2-4-8-13)11-14-9-5-6-10-15(14)19(16,17)18/h2-10,12H,11H2,1H3,(H,16,17,18). The van der Waals surface area contributed by atoms with Gasteiger partial charge in [-0.15, -0.1) is 0 Å². The molecule has 4 heteroatoms. The Labute approximate surface area is 113 Å². The maximum atomic E-state index is 11.3. The zero-order chi connectivity index (χ0) is 13.9. The number of hydrogen-bond acceptors (Lipinski definition) is 2. The van der Waals surface area contributed by atoms with E-state index in [4.69, 9.17) is 0 Å². The molecule has 1 N–H and O–H groups in total. The highest BCUT2D eigenvalue weighted by Crippen LogP contribution is 2.24. The molecule has 0 fully saturated rings. The van der Waals surface area contributed by atoms with E-state index in [0.717, 1.165) is 5.56 Å². The highest BCUT2D eigenvalue weighted by atomic mass is 32.2. The van der Waals surface area contributed by atoms with Gasteiger partial charge in [0, 0.05) is 0 Å². The average Bonchev–Trinajstić information content (AvgIpc) is 2.39. The summed E-state index contributed by atoms with van der Waals surface area (Å²) in [5.41, 5.74) is 1.79. The quantitative estimate of drug-likeness (QED) is 0.872. The van der Waals surface area contributed by atoms with Crippen LogP contribution < -0.4 is 0 Å². The smallest absolute Gasteiger partial charge is 0.282 e. The predicted molar refractivity (Wildman–Crippen MR) is 74.8 cm³/mol. The van der Waals surface area contributed by atoms with E-state index < -0.39 is 10.1 Å². The summed E-state index contributed by atoms with van der Waals surface area (Å²) in [7, 11) is -4.16. The Bertz CT molecular complexity index is 648. The molecule has 0 heterocycles. The first-order valence-electron chi connectivity index (χ1n) is 6.09. The molecule has 1 atom stereocenters. The van der Waals surface area contributed by atoms with Crippen molar-refractivity contribution < 1.29 is 13.0 Å². The van der Waals surface area contributed by atoms with Crippen molar-refractivity contribution in [2.75, 3.05) is 0 Å². The van der Waals surface area contributed by atoms with Gasteiger partial charge < -0.3 is 0 Å². The lowest BCUT2D eigenvalue weighted by Gasteiger charge is -2.13. The van der Waals surface area contributed by atoms with Gasteiger partial charge in [0.05, 0.1) is 4.90 Å². The van der Waals surface area contributed by atoms with E-state index in [9.17, 15) is 13.0 Å². The summed E-state index contributed by atoms with van der Waals surface area (Å²) in [5.74, 6) is 0.184. The van der Waals surface area contributed by atoms with E-state index in [1.165, 1.54) is 6.07 Å². The summed E-state index contributed by atoms with van der Waals surface area (Å²) in [6.07, 6.45) is 0.569. The van der Waals surface area contributed by atoms with E-state index in [1.807, 2.05) is 37.3 Å². The fourth-order valence-electron chi connectivity index (χ4n) is 2.15. The van der Waals surface area contributed by atoms with Crippen molar-refractivity contribution in [2.24, 2.45) is 0 Å². The minimum absolute atomic E-state index is 0.00205. The van der Waals surface area contributed by atoms with Crippen LogP contribution in [0.15, 0.2) is 59.5 Å². The molecule has 3 nitrogen and oxygen atoms in total. The molecule has 2 rings (SSSR count). The van der Waals surface area contributed by atoms with Gasteiger partial charge in [0.2, 0.25) is 0 Å². The topological polar surface area (TPSA) is 54.4 Å². The molecule has 0 spiro atoms. The second-order valence-corrected chi connectivity index (χ2v) is 5.99. The lowest BCUT2D eigenvalue weighted by atomic mass is 9.94. The van der Waals surface area contributed by atoms with Crippen LogP contribution in [0.2, 0.25) is 0 Å². The van der Waals surface area contributed by atoms with Crippen LogP contribution in [-0.4, -0.2) is 13.0 Å². The van der Waals surface area contributed by atoms with Gasteiger partial charge >= 0.3 is 0 Å². The monoisotopic (exact) mass is 276 g/mol. The van der Waals surface area contributed by atoms with Crippen LogP contribution >= 0.6 is 0 Å². The molecule has 0 aliphatic heterocycles. The Morgan fingerprint density at radius 3 is 2.21 bits per heavy atom. The van der Waals surface area contributed by atoms with Crippen molar-refractivity contribution in [1.29, 1.82) is 0 Å². The molecule has 100 valence electrons. The highest BCUT2D eigenvalue weighted by molar-refractivity contribution is 7.85. The Morgan fingerprint density at radius 2 is 1.58 bits per heavy atom. The van der Waals surface area contributed by atoms with Gasteiger partial charge in [-0.25, -0.2) is 0 Å². The van der Waals surface area contributed by atoms with Crippen LogP contribution in [0, 0.1) is 0 Å².